The van der Waals surface area contributed by atoms with Crippen molar-refractivity contribution < 1.29 is 4.79 Å². The van der Waals surface area contributed by atoms with Gasteiger partial charge in [0, 0.05) is 12.6 Å². The lowest BCUT2D eigenvalue weighted by Crippen LogP contribution is -2.19. The van der Waals surface area contributed by atoms with Crippen LogP contribution in [0.2, 0.25) is 0 Å². The number of aromatic nitrogens is 2. The van der Waals surface area contributed by atoms with Gasteiger partial charge in [-0.05, 0) is 31.4 Å². The average Bonchev–Trinajstić information content (AvgIpc) is 2.94. The van der Waals surface area contributed by atoms with E-state index in [9.17, 15) is 4.79 Å². The van der Waals surface area contributed by atoms with Crippen LogP contribution < -0.4 is 5.73 Å². The highest BCUT2D eigenvalue weighted by Gasteiger charge is 2.17. The van der Waals surface area contributed by atoms with Crippen molar-refractivity contribution in [2.75, 3.05) is 6.54 Å². The fourth-order valence-corrected chi connectivity index (χ4v) is 3.01. The van der Waals surface area contributed by atoms with E-state index < -0.39 is 0 Å². The van der Waals surface area contributed by atoms with E-state index in [4.69, 9.17) is 5.73 Å². The lowest BCUT2D eigenvalue weighted by atomic mass is 9.96. The lowest BCUT2D eigenvalue weighted by molar-refractivity contribution is -0.119. The maximum Gasteiger partial charge on any atom is 0.139 e. The number of carbonyl (C=O) groups excluding carboxylic acids is 1. The number of nitrogens with two attached hydrogens (primary N) is 1. The van der Waals surface area contributed by atoms with E-state index in [0.717, 1.165) is 12.1 Å². The molecular formula is C16H27N3O. The number of ketones is 1. The molecule has 2 rings (SSSR count). The molecule has 1 saturated carbocycles. The minimum atomic E-state index is 0.260. The summed E-state index contributed by atoms with van der Waals surface area (Å²) in [5.41, 5.74) is 6.56. The standard InChI is InChI=1S/C16H27N3O/c1-2-13(12-17)10-16(20)11-14-8-9-19(18-14)15-6-4-3-5-7-15/h8-9,13,15H,2-7,10-12,17H2,1H3. The van der Waals surface area contributed by atoms with Gasteiger partial charge < -0.3 is 5.73 Å². The van der Waals surface area contributed by atoms with Gasteiger partial charge in [0.05, 0.1) is 18.2 Å². The molecule has 1 aromatic heterocycles. The first-order valence-corrected chi connectivity index (χ1v) is 7.98. The van der Waals surface area contributed by atoms with Crippen molar-refractivity contribution in [3.8, 4) is 0 Å². The topological polar surface area (TPSA) is 60.9 Å². The molecule has 0 bridgehead atoms. The van der Waals surface area contributed by atoms with Crippen LogP contribution in [-0.4, -0.2) is 22.1 Å². The number of hydrogen-bond acceptors (Lipinski definition) is 3. The van der Waals surface area contributed by atoms with Crippen LogP contribution in [0.25, 0.3) is 0 Å². The van der Waals surface area contributed by atoms with Crippen LogP contribution in [0, 0.1) is 5.92 Å². The summed E-state index contributed by atoms with van der Waals surface area (Å²) in [7, 11) is 0. The number of Topliss-reactive ketones (excluding diaryl/α,β-unsaturated/α-hetero) is 1. The van der Waals surface area contributed by atoms with Gasteiger partial charge in [-0.1, -0.05) is 32.6 Å². The van der Waals surface area contributed by atoms with E-state index in [2.05, 4.69) is 16.7 Å². The van der Waals surface area contributed by atoms with Gasteiger partial charge in [0.25, 0.3) is 0 Å². The molecule has 0 saturated heterocycles. The van der Waals surface area contributed by atoms with E-state index in [1.54, 1.807) is 0 Å². The number of carbonyl (C=O) groups is 1. The van der Waals surface area contributed by atoms with Gasteiger partial charge in [0.1, 0.15) is 5.78 Å². The van der Waals surface area contributed by atoms with Gasteiger partial charge in [-0.25, -0.2) is 0 Å². The van der Waals surface area contributed by atoms with E-state index in [0.29, 0.717) is 31.3 Å². The summed E-state index contributed by atoms with van der Waals surface area (Å²) < 4.78 is 2.07. The molecule has 1 unspecified atom stereocenters. The minimum absolute atomic E-state index is 0.260. The van der Waals surface area contributed by atoms with Gasteiger partial charge >= 0.3 is 0 Å². The van der Waals surface area contributed by atoms with Gasteiger partial charge in [-0.2, -0.15) is 5.10 Å². The highest BCUT2D eigenvalue weighted by Crippen LogP contribution is 2.27. The Hall–Kier alpha value is -1.16. The predicted octanol–water partition coefficient (Wildman–Crippen LogP) is 2.87. The fourth-order valence-electron chi connectivity index (χ4n) is 3.01. The molecule has 1 aliphatic rings. The Bertz CT molecular complexity index is 417. The second-order valence-electron chi connectivity index (χ2n) is 6.01. The third-order valence-electron chi connectivity index (χ3n) is 4.42. The Balaban J connectivity index is 1.87. The second kappa shape index (κ2) is 7.58. The monoisotopic (exact) mass is 277 g/mol. The molecule has 2 N–H and O–H groups in total. The van der Waals surface area contributed by atoms with Crippen molar-refractivity contribution in [2.24, 2.45) is 11.7 Å². The van der Waals surface area contributed by atoms with E-state index in [1.165, 1.54) is 32.1 Å². The van der Waals surface area contributed by atoms with Gasteiger partial charge in [0.2, 0.25) is 0 Å². The van der Waals surface area contributed by atoms with Crippen LogP contribution in [-0.2, 0) is 11.2 Å². The Kier molecular flexibility index (Phi) is 5.77. The summed E-state index contributed by atoms with van der Waals surface area (Å²) in [6.45, 7) is 2.68. The van der Waals surface area contributed by atoms with Crippen molar-refractivity contribution in [2.45, 2.75) is 64.3 Å². The molecule has 1 fully saturated rings. The largest absolute Gasteiger partial charge is 0.330 e. The zero-order valence-corrected chi connectivity index (χ0v) is 12.6. The first kappa shape index (κ1) is 15.2. The first-order valence-electron chi connectivity index (χ1n) is 7.98. The molecule has 0 spiro atoms. The molecule has 20 heavy (non-hydrogen) atoms. The fraction of sp³-hybridized carbons (Fsp3) is 0.750. The van der Waals surface area contributed by atoms with Crippen LogP contribution in [0.1, 0.15) is 63.6 Å². The highest BCUT2D eigenvalue weighted by atomic mass is 16.1. The molecule has 1 aromatic rings. The minimum Gasteiger partial charge on any atom is -0.330 e. The van der Waals surface area contributed by atoms with Gasteiger partial charge in [-0.3, -0.25) is 9.48 Å². The van der Waals surface area contributed by atoms with Crippen molar-refractivity contribution >= 4 is 5.78 Å². The molecule has 0 aliphatic heterocycles. The molecule has 0 aromatic carbocycles. The third-order valence-corrected chi connectivity index (χ3v) is 4.42. The molecule has 112 valence electrons. The zero-order valence-electron chi connectivity index (χ0n) is 12.6. The Morgan fingerprint density at radius 1 is 1.45 bits per heavy atom. The molecule has 0 amide bonds. The number of rotatable bonds is 7. The number of hydrogen-bond donors (Lipinski definition) is 1. The maximum atomic E-state index is 12.0. The molecule has 0 radical (unpaired) electrons. The summed E-state index contributed by atoms with van der Waals surface area (Å²) >= 11 is 0. The highest BCUT2D eigenvalue weighted by molar-refractivity contribution is 5.80. The van der Waals surface area contributed by atoms with Crippen LogP contribution in [0.4, 0.5) is 0 Å². The molecular weight excluding hydrogens is 250 g/mol. The Morgan fingerprint density at radius 3 is 2.85 bits per heavy atom. The Labute approximate surface area is 121 Å². The molecule has 1 heterocycles. The van der Waals surface area contributed by atoms with Gasteiger partial charge in [0.15, 0.2) is 0 Å². The molecule has 1 aliphatic carbocycles. The summed E-state index contributed by atoms with van der Waals surface area (Å²) in [5.74, 6) is 0.583. The average molecular weight is 277 g/mol. The molecule has 4 heteroatoms. The van der Waals surface area contributed by atoms with Crippen LogP contribution in [0.15, 0.2) is 12.3 Å². The molecule has 1 atom stereocenters. The van der Waals surface area contributed by atoms with Gasteiger partial charge in [-0.15, -0.1) is 0 Å². The van der Waals surface area contributed by atoms with Crippen LogP contribution >= 0.6 is 0 Å². The van der Waals surface area contributed by atoms with E-state index >= 15 is 0 Å². The lowest BCUT2D eigenvalue weighted by Gasteiger charge is -2.21. The second-order valence-corrected chi connectivity index (χ2v) is 6.01. The third kappa shape index (κ3) is 4.17. The van der Waals surface area contributed by atoms with Crippen LogP contribution in [0.3, 0.4) is 0 Å². The SMILES string of the molecule is CCC(CN)CC(=O)Cc1ccn(C2CCCCC2)n1. The predicted molar refractivity (Wildman–Crippen MR) is 80.5 cm³/mol. The zero-order chi connectivity index (χ0) is 14.4. The summed E-state index contributed by atoms with van der Waals surface area (Å²) in [4.78, 5) is 12.0. The first-order chi connectivity index (χ1) is 9.72. The normalized spacial score (nSPS) is 18.1. The van der Waals surface area contributed by atoms with Crippen molar-refractivity contribution in [3.63, 3.8) is 0 Å². The summed E-state index contributed by atoms with van der Waals surface area (Å²) in [6, 6.07) is 2.54. The van der Waals surface area contributed by atoms with Crippen molar-refractivity contribution in [3.05, 3.63) is 18.0 Å². The van der Waals surface area contributed by atoms with E-state index in [-0.39, 0.29) is 5.78 Å². The molecule has 4 nitrogen and oxygen atoms in total. The van der Waals surface area contributed by atoms with Crippen molar-refractivity contribution in [1.29, 1.82) is 0 Å². The smallest absolute Gasteiger partial charge is 0.139 e. The van der Waals surface area contributed by atoms with Crippen LogP contribution in [0.5, 0.6) is 0 Å². The number of nitrogens with zero attached hydrogens (tertiary/aromatic N) is 2. The maximum absolute atomic E-state index is 12.0. The van der Waals surface area contributed by atoms with Crippen molar-refractivity contribution in [1.82, 2.24) is 9.78 Å². The Morgan fingerprint density at radius 2 is 2.20 bits per heavy atom. The summed E-state index contributed by atoms with van der Waals surface area (Å²) in [6.07, 6.45) is 10.4. The summed E-state index contributed by atoms with van der Waals surface area (Å²) in [5, 5.41) is 4.60. The van der Waals surface area contributed by atoms with E-state index in [1.807, 2.05) is 12.3 Å². The quantitative estimate of drug-likeness (QED) is 0.833.